The Bertz CT molecular complexity index is 566. The monoisotopic (exact) mass is 349 g/mol. The summed E-state index contributed by atoms with van der Waals surface area (Å²) in [4.78, 5) is 30.2. The van der Waals surface area contributed by atoms with Crippen molar-refractivity contribution in [1.82, 2.24) is 15.1 Å². The first-order chi connectivity index (χ1) is 11.5. The van der Waals surface area contributed by atoms with Crippen LogP contribution in [-0.2, 0) is 9.59 Å². The molecule has 2 aliphatic heterocycles. The van der Waals surface area contributed by atoms with Gasteiger partial charge >= 0.3 is 0 Å². The summed E-state index contributed by atoms with van der Waals surface area (Å²) in [6, 6.07) is -0.290. The molecule has 0 radical (unpaired) electrons. The molecule has 5 heteroatoms. The van der Waals surface area contributed by atoms with Gasteiger partial charge < -0.3 is 10.2 Å². The highest BCUT2D eigenvalue weighted by atomic mass is 16.2. The number of rotatable bonds is 3. The molecule has 5 atom stereocenters. The average molecular weight is 350 g/mol. The second-order valence-electron chi connectivity index (χ2n) is 10.1. The Morgan fingerprint density at radius 2 is 1.88 bits per heavy atom. The van der Waals surface area contributed by atoms with Crippen LogP contribution in [0.25, 0.3) is 0 Å². The molecule has 2 saturated heterocycles. The number of carbonyl (C=O) groups is 2. The van der Waals surface area contributed by atoms with E-state index in [0.29, 0.717) is 17.3 Å². The molecular formula is C20H35N3O2. The van der Waals surface area contributed by atoms with Gasteiger partial charge in [-0.05, 0) is 56.0 Å². The molecule has 2 amide bonds. The lowest BCUT2D eigenvalue weighted by molar-refractivity contribution is -0.141. The minimum absolute atomic E-state index is 0.00520. The Kier molecular flexibility index (Phi) is 4.46. The van der Waals surface area contributed by atoms with E-state index in [4.69, 9.17) is 0 Å². The summed E-state index contributed by atoms with van der Waals surface area (Å²) in [6.45, 7) is 14.7. The highest BCUT2D eigenvalue weighted by Crippen LogP contribution is 2.64. The van der Waals surface area contributed by atoms with E-state index in [1.165, 1.54) is 0 Å². The normalized spacial score (nSPS) is 35.4. The van der Waals surface area contributed by atoms with Gasteiger partial charge in [0, 0.05) is 12.6 Å². The summed E-state index contributed by atoms with van der Waals surface area (Å²) in [7, 11) is 1.99. The maximum Gasteiger partial charge on any atom is 0.245 e. The van der Waals surface area contributed by atoms with Crippen LogP contribution >= 0.6 is 0 Å². The number of amides is 2. The number of hydrogen-bond donors (Lipinski definition) is 1. The van der Waals surface area contributed by atoms with Crippen molar-refractivity contribution in [3.05, 3.63) is 0 Å². The van der Waals surface area contributed by atoms with Gasteiger partial charge in [-0.3, -0.25) is 14.5 Å². The van der Waals surface area contributed by atoms with Gasteiger partial charge in [0.05, 0.1) is 6.04 Å². The van der Waals surface area contributed by atoms with Gasteiger partial charge in [-0.1, -0.05) is 34.6 Å². The van der Waals surface area contributed by atoms with Crippen LogP contribution in [0.4, 0.5) is 0 Å². The average Bonchev–Trinajstić information content (AvgIpc) is 2.84. The third kappa shape index (κ3) is 3.09. The third-order valence-corrected chi connectivity index (χ3v) is 7.05. The van der Waals surface area contributed by atoms with Gasteiger partial charge in [-0.25, -0.2) is 0 Å². The maximum absolute atomic E-state index is 13.3. The van der Waals surface area contributed by atoms with E-state index >= 15 is 0 Å². The Morgan fingerprint density at radius 1 is 1.24 bits per heavy atom. The fourth-order valence-electron chi connectivity index (χ4n) is 5.25. The largest absolute Gasteiger partial charge is 0.342 e. The van der Waals surface area contributed by atoms with Gasteiger partial charge in [0.2, 0.25) is 11.8 Å². The zero-order valence-electron chi connectivity index (χ0n) is 16.9. The molecule has 25 heavy (non-hydrogen) atoms. The predicted molar refractivity (Wildman–Crippen MR) is 99.0 cm³/mol. The van der Waals surface area contributed by atoms with E-state index in [9.17, 15) is 9.59 Å². The second kappa shape index (κ2) is 5.97. The molecule has 142 valence electrons. The number of nitrogens with zero attached hydrogens (tertiary/aromatic N) is 2. The number of piperidine rings is 1. The molecule has 5 nitrogen and oxygen atoms in total. The molecule has 0 spiro atoms. The number of fused-ring (bicyclic) bond motifs is 1. The van der Waals surface area contributed by atoms with Crippen molar-refractivity contribution in [1.29, 1.82) is 0 Å². The zero-order chi connectivity index (χ0) is 18.7. The standard InChI is InChI=1S/C20H35N3O2/c1-12-15-13(20(15,5)6)11-23(12)18(25)16(19(2,3)4)21-17(24)14-9-8-10-22(14)7/h12-16H,8-11H2,1-7H3,(H,21,24)/t12-,13?,14?,15-,16-/m1/s1. The van der Waals surface area contributed by atoms with Crippen molar-refractivity contribution >= 4 is 11.8 Å². The zero-order valence-corrected chi connectivity index (χ0v) is 16.9. The van der Waals surface area contributed by atoms with Crippen LogP contribution in [0.5, 0.6) is 0 Å². The Hall–Kier alpha value is -1.10. The lowest BCUT2D eigenvalue weighted by Gasteiger charge is -2.37. The highest BCUT2D eigenvalue weighted by Gasteiger charge is 2.66. The molecule has 1 N–H and O–H groups in total. The first-order valence-electron chi connectivity index (χ1n) is 9.77. The van der Waals surface area contributed by atoms with Crippen LogP contribution in [0.1, 0.15) is 54.4 Å². The van der Waals surface area contributed by atoms with Crippen LogP contribution in [-0.4, -0.2) is 59.9 Å². The van der Waals surface area contributed by atoms with E-state index in [0.717, 1.165) is 25.9 Å². The summed E-state index contributed by atoms with van der Waals surface area (Å²) in [5.41, 5.74) is 0.0647. The molecule has 2 unspecified atom stereocenters. The maximum atomic E-state index is 13.3. The highest BCUT2D eigenvalue weighted by molar-refractivity contribution is 5.91. The second-order valence-corrected chi connectivity index (χ2v) is 10.1. The molecule has 3 aliphatic rings. The number of carbonyl (C=O) groups excluding carboxylic acids is 2. The molecule has 0 aromatic heterocycles. The van der Waals surface area contributed by atoms with Gasteiger partial charge in [0.15, 0.2) is 0 Å². The SMILES string of the molecule is C[C@@H]1[C@@H]2C(CN1C(=O)[C@@H](NC(=O)C1CCCN1C)C(C)(C)C)C2(C)C. The van der Waals surface area contributed by atoms with E-state index < -0.39 is 6.04 Å². The minimum Gasteiger partial charge on any atom is -0.342 e. The van der Waals surface area contributed by atoms with Crippen molar-refractivity contribution in [2.75, 3.05) is 20.1 Å². The van der Waals surface area contributed by atoms with Crippen molar-refractivity contribution < 1.29 is 9.59 Å². The van der Waals surface area contributed by atoms with E-state index in [2.05, 4.69) is 31.0 Å². The third-order valence-electron chi connectivity index (χ3n) is 7.05. The Labute approximate surface area is 152 Å². The first-order valence-corrected chi connectivity index (χ1v) is 9.77. The summed E-state index contributed by atoms with van der Waals surface area (Å²) < 4.78 is 0. The van der Waals surface area contributed by atoms with Crippen LogP contribution in [0.2, 0.25) is 0 Å². The number of likely N-dealkylation sites (N-methyl/N-ethyl adjacent to an activating group) is 1. The molecule has 0 bridgehead atoms. The first kappa shape index (κ1) is 18.7. The molecule has 0 aromatic rings. The van der Waals surface area contributed by atoms with E-state index in [1.807, 2.05) is 32.7 Å². The molecule has 1 saturated carbocycles. The molecular weight excluding hydrogens is 314 g/mol. The summed E-state index contributed by atoms with van der Waals surface area (Å²) in [6.07, 6.45) is 1.93. The van der Waals surface area contributed by atoms with Crippen molar-refractivity contribution in [3.8, 4) is 0 Å². The van der Waals surface area contributed by atoms with Crippen LogP contribution in [0.3, 0.4) is 0 Å². The number of nitrogens with one attached hydrogen (secondary N) is 1. The molecule has 3 fully saturated rings. The number of hydrogen-bond acceptors (Lipinski definition) is 3. The van der Waals surface area contributed by atoms with Gasteiger partial charge in [-0.15, -0.1) is 0 Å². The minimum atomic E-state index is -0.461. The Balaban J connectivity index is 1.71. The van der Waals surface area contributed by atoms with Gasteiger partial charge in [0.1, 0.15) is 6.04 Å². The predicted octanol–water partition coefficient (Wildman–Crippen LogP) is 2.11. The molecule has 2 heterocycles. The fourth-order valence-corrected chi connectivity index (χ4v) is 5.25. The van der Waals surface area contributed by atoms with Crippen molar-refractivity contribution in [3.63, 3.8) is 0 Å². The van der Waals surface area contributed by atoms with Gasteiger partial charge in [-0.2, -0.15) is 0 Å². The van der Waals surface area contributed by atoms with Gasteiger partial charge in [0.25, 0.3) is 0 Å². The lowest BCUT2D eigenvalue weighted by Crippen LogP contribution is -2.58. The summed E-state index contributed by atoms with van der Waals surface area (Å²) >= 11 is 0. The summed E-state index contributed by atoms with van der Waals surface area (Å²) in [5, 5.41) is 3.11. The molecule has 0 aromatic carbocycles. The smallest absolute Gasteiger partial charge is 0.245 e. The van der Waals surface area contributed by atoms with Crippen molar-refractivity contribution in [2.24, 2.45) is 22.7 Å². The summed E-state index contributed by atoms with van der Waals surface area (Å²) in [5.74, 6) is 1.32. The Morgan fingerprint density at radius 3 is 2.32 bits per heavy atom. The lowest BCUT2D eigenvalue weighted by atomic mass is 9.85. The van der Waals surface area contributed by atoms with E-state index in [1.54, 1.807) is 0 Å². The topological polar surface area (TPSA) is 52.7 Å². The van der Waals surface area contributed by atoms with Crippen LogP contribution in [0.15, 0.2) is 0 Å². The molecule has 1 aliphatic carbocycles. The molecule has 3 rings (SSSR count). The van der Waals surface area contributed by atoms with Crippen LogP contribution in [0, 0.1) is 22.7 Å². The quantitative estimate of drug-likeness (QED) is 0.849. The van der Waals surface area contributed by atoms with E-state index in [-0.39, 0.29) is 29.3 Å². The number of likely N-dealkylation sites (tertiary alicyclic amines) is 2. The van der Waals surface area contributed by atoms with Crippen molar-refractivity contribution in [2.45, 2.75) is 72.5 Å². The fraction of sp³-hybridized carbons (Fsp3) is 0.900. The van der Waals surface area contributed by atoms with Crippen LogP contribution < -0.4 is 5.32 Å².